The standard InChI is InChI=1S/C21H20N6O3S/c28-17-12-23-20(30)27(17)13-14-4-1-2-5-15(14)19(29)25-8-10-26(11-9-25)21-24-16-6-3-7-22-18(16)31-21/h1-7H,8-13H2,(H,23,30). The smallest absolute Gasteiger partial charge is 0.324 e. The van der Waals surface area contributed by atoms with Gasteiger partial charge >= 0.3 is 6.03 Å². The number of hydrogen-bond acceptors (Lipinski definition) is 7. The first-order chi connectivity index (χ1) is 15.1. The van der Waals surface area contributed by atoms with E-state index in [2.05, 4.69) is 20.2 Å². The van der Waals surface area contributed by atoms with Crippen molar-refractivity contribution in [2.45, 2.75) is 6.54 Å². The van der Waals surface area contributed by atoms with Gasteiger partial charge in [0.25, 0.3) is 5.91 Å². The third-order valence-electron chi connectivity index (χ3n) is 5.51. The fourth-order valence-corrected chi connectivity index (χ4v) is 4.78. The first kappa shape index (κ1) is 19.4. The topological polar surface area (TPSA) is 98.7 Å². The average Bonchev–Trinajstić information content (AvgIpc) is 3.38. The molecule has 2 aliphatic rings. The third kappa shape index (κ3) is 3.70. The largest absolute Gasteiger partial charge is 0.344 e. The van der Waals surface area contributed by atoms with Crippen LogP contribution in [0, 0.1) is 0 Å². The molecule has 0 spiro atoms. The first-order valence-corrected chi connectivity index (χ1v) is 10.8. The molecule has 0 atom stereocenters. The number of nitrogens with one attached hydrogen (secondary N) is 1. The van der Waals surface area contributed by atoms with E-state index >= 15 is 0 Å². The van der Waals surface area contributed by atoms with Crippen molar-refractivity contribution in [2.75, 3.05) is 37.6 Å². The Morgan fingerprint density at radius 3 is 2.61 bits per heavy atom. The Balaban J connectivity index is 1.28. The minimum atomic E-state index is -0.425. The Labute approximate surface area is 182 Å². The van der Waals surface area contributed by atoms with E-state index in [1.165, 1.54) is 0 Å². The van der Waals surface area contributed by atoms with Crippen LogP contribution in [0.3, 0.4) is 0 Å². The molecule has 1 aromatic carbocycles. The minimum absolute atomic E-state index is 0.00179. The molecule has 0 aliphatic carbocycles. The van der Waals surface area contributed by atoms with E-state index in [0.717, 1.165) is 20.4 Å². The van der Waals surface area contributed by atoms with Crippen LogP contribution in [0.1, 0.15) is 15.9 Å². The van der Waals surface area contributed by atoms with Gasteiger partial charge in [-0.3, -0.25) is 14.5 Å². The molecule has 2 aromatic heterocycles. The van der Waals surface area contributed by atoms with Crippen LogP contribution in [0.4, 0.5) is 9.93 Å². The van der Waals surface area contributed by atoms with Gasteiger partial charge in [-0.05, 0) is 23.8 Å². The highest BCUT2D eigenvalue weighted by Gasteiger charge is 2.31. The molecule has 0 saturated carbocycles. The summed E-state index contributed by atoms with van der Waals surface area (Å²) < 4.78 is 0. The molecular weight excluding hydrogens is 416 g/mol. The predicted molar refractivity (Wildman–Crippen MR) is 116 cm³/mol. The van der Waals surface area contributed by atoms with Gasteiger partial charge in [-0.2, -0.15) is 0 Å². The maximum absolute atomic E-state index is 13.2. The molecular formula is C21H20N6O3S. The van der Waals surface area contributed by atoms with Gasteiger partial charge in [0.05, 0.1) is 13.1 Å². The molecule has 5 rings (SSSR count). The Hall–Kier alpha value is -3.53. The number of urea groups is 1. The summed E-state index contributed by atoms with van der Waals surface area (Å²) in [5, 5.41) is 3.43. The highest BCUT2D eigenvalue weighted by Crippen LogP contribution is 2.28. The lowest BCUT2D eigenvalue weighted by molar-refractivity contribution is -0.125. The van der Waals surface area contributed by atoms with Crippen LogP contribution in [0.15, 0.2) is 42.6 Å². The number of thiazole rings is 1. The molecule has 2 fully saturated rings. The fraction of sp³-hybridized carbons (Fsp3) is 0.286. The van der Waals surface area contributed by atoms with Gasteiger partial charge in [0.15, 0.2) is 5.13 Å². The van der Waals surface area contributed by atoms with Crippen molar-refractivity contribution in [1.29, 1.82) is 0 Å². The zero-order valence-electron chi connectivity index (χ0n) is 16.7. The van der Waals surface area contributed by atoms with Crippen LogP contribution >= 0.6 is 11.3 Å². The number of nitrogens with zero attached hydrogens (tertiary/aromatic N) is 5. The number of pyridine rings is 1. The monoisotopic (exact) mass is 436 g/mol. The molecule has 4 heterocycles. The van der Waals surface area contributed by atoms with Gasteiger partial charge in [0.2, 0.25) is 5.91 Å². The SMILES string of the molecule is O=C(c1ccccc1CN1C(=O)CNC1=O)N1CCN(c2nc3cccnc3s2)CC1. The van der Waals surface area contributed by atoms with Crippen molar-refractivity contribution < 1.29 is 14.4 Å². The van der Waals surface area contributed by atoms with Gasteiger partial charge in [-0.15, -0.1) is 0 Å². The Kier molecular flexibility index (Phi) is 4.99. The maximum Gasteiger partial charge on any atom is 0.324 e. The van der Waals surface area contributed by atoms with Crippen molar-refractivity contribution >= 4 is 44.7 Å². The number of imide groups is 1. The van der Waals surface area contributed by atoms with E-state index in [9.17, 15) is 14.4 Å². The Bertz CT molecular complexity index is 1120. The van der Waals surface area contributed by atoms with Crippen molar-refractivity contribution in [3.8, 4) is 0 Å². The van der Waals surface area contributed by atoms with Gasteiger partial charge in [0, 0.05) is 37.9 Å². The van der Waals surface area contributed by atoms with E-state index in [1.807, 2.05) is 23.1 Å². The van der Waals surface area contributed by atoms with E-state index in [1.54, 1.807) is 35.7 Å². The molecule has 0 bridgehead atoms. The number of rotatable bonds is 4. The van der Waals surface area contributed by atoms with Gasteiger partial charge in [0.1, 0.15) is 10.3 Å². The summed E-state index contributed by atoms with van der Waals surface area (Å²) in [5.41, 5.74) is 2.07. The molecule has 3 aromatic rings. The number of amides is 4. The van der Waals surface area contributed by atoms with Crippen LogP contribution in [0.5, 0.6) is 0 Å². The summed E-state index contributed by atoms with van der Waals surface area (Å²) in [5.74, 6) is -0.375. The van der Waals surface area contributed by atoms with Crippen molar-refractivity contribution in [3.05, 3.63) is 53.7 Å². The van der Waals surface area contributed by atoms with Crippen LogP contribution < -0.4 is 10.2 Å². The number of anilines is 1. The number of benzene rings is 1. The molecule has 0 radical (unpaired) electrons. The number of carbonyl (C=O) groups excluding carboxylic acids is 3. The van der Waals surface area contributed by atoms with Gasteiger partial charge in [-0.25, -0.2) is 14.8 Å². The number of carbonyl (C=O) groups is 3. The molecule has 31 heavy (non-hydrogen) atoms. The van der Waals surface area contributed by atoms with E-state index < -0.39 is 6.03 Å². The lowest BCUT2D eigenvalue weighted by Gasteiger charge is -2.35. The van der Waals surface area contributed by atoms with Crippen LogP contribution in [-0.4, -0.2) is 70.3 Å². The lowest BCUT2D eigenvalue weighted by atomic mass is 10.1. The summed E-state index contributed by atoms with van der Waals surface area (Å²) >= 11 is 1.56. The summed E-state index contributed by atoms with van der Waals surface area (Å²) in [6.07, 6.45) is 1.76. The Morgan fingerprint density at radius 1 is 1.06 bits per heavy atom. The molecule has 9 nitrogen and oxygen atoms in total. The molecule has 2 aliphatic heterocycles. The molecule has 0 unspecified atom stereocenters. The second kappa shape index (κ2) is 7.95. The molecule has 2 saturated heterocycles. The van der Waals surface area contributed by atoms with Crippen molar-refractivity contribution in [2.24, 2.45) is 0 Å². The number of hydrogen-bond donors (Lipinski definition) is 1. The predicted octanol–water partition coefficient (Wildman–Crippen LogP) is 1.71. The summed E-state index contributed by atoms with van der Waals surface area (Å²) in [6.45, 7) is 2.59. The van der Waals surface area contributed by atoms with Crippen LogP contribution in [0.2, 0.25) is 0 Å². The normalized spacial score (nSPS) is 16.8. The summed E-state index contributed by atoms with van der Waals surface area (Å²) in [7, 11) is 0. The molecule has 158 valence electrons. The van der Waals surface area contributed by atoms with Crippen LogP contribution in [0.25, 0.3) is 10.3 Å². The zero-order valence-corrected chi connectivity index (χ0v) is 17.5. The fourth-order valence-electron chi connectivity index (χ4n) is 3.82. The molecule has 10 heteroatoms. The third-order valence-corrected chi connectivity index (χ3v) is 6.55. The van der Waals surface area contributed by atoms with Crippen molar-refractivity contribution in [1.82, 2.24) is 25.1 Å². The minimum Gasteiger partial charge on any atom is -0.344 e. The Morgan fingerprint density at radius 2 is 1.87 bits per heavy atom. The van der Waals surface area contributed by atoms with E-state index in [-0.39, 0.29) is 24.9 Å². The maximum atomic E-state index is 13.2. The number of fused-ring (bicyclic) bond motifs is 1. The molecule has 4 amide bonds. The highest BCUT2D eigenvalue weighted by atomic mass is 32.1. The van der Waals surface area contributed by atoms with Crippen LogP contribution in [-0.2, 0) is 11.3 Å². The summed E-state index contributed by atoms with van der Waals surface area (Å²) in [4.78, 5) is 52.1. The number of aromatic nitrogens is 2. The molecule has 1 N–H and O–H groups in total. The van der Waals surface area contributed by atoms with E-state index in [0.29, 0.717) is 37.3 Å². The quantitative estimate of drug-likeness (QED) is 0.625. The summed E-state index contributed by atoms with van der Waals surface area (Å²) in [6, 6.07) is 10.5. The van der Waals surface area contributed by atoms with Gasteiger partial charge < -0.3 is 15.1 Å². The second-order valence-corrected chi connectivity index (χ2v) is 8.36. The first-order valence-electron chi connectivity index (χ1n) is 10.0. The van der Waals surface area contributed by atoms with Gasteiger partial charge in [-0.1, -0.05) is 29.5 Å². The highest BCUT2D eigenvalue weighted by molar-refractivity contribution is 7.21. The van der Waals surface area contributed by atoms with Crippen molar-refractivity contribution in [3.63, 3.8) is 0 Å². The number of piperazine rings is 1. The zero-order chi connectivity index (χ0) is 21.4. The second-order valence-electron chi connectivity index (χ2n) is 7.40. The lowest BCUT2D eigenvalue weighted by Crippen LogP contribution is -2.49. The van der Waals surface area contributed by atoms with E-state index in [4.69, 9.17) is 0 Å². The average molecular weight is 436 g/mol.